The number of alkyl halides is 1. The van der Waals surface area contributed by atoms with E-state index in [4.69, 9.17) is 16.7 Å². The quantitative estimate of drug-likeness (QED) is 0.569. The molecule has 6 heteroatoms. The van der Waals surface area contributed by atoms with Crippen LogP contribution < -0.4 is 0 Å². The van der Waals surface area contributed by atoms with Crippen molar-refractivity contribution >= 4 is 23.5 Å². The van der Waals surface area contributed by atoms with Crippen molar-refractivity contribution in [2.45, 2.75) is 5.50 Å². The normalized spacial score (nSPS) is 18.4. The SMILES string of the molecule is CN(C)C1=NN(C(=O)O)C(Cl)c2ccccc21. The van der Waals surface area contributed by atoms with Gasteiger partial charge in [-0.2, -0.15) is 5.01 Å². The highest BCUT2D eigenvalue weighted by Gasteiger charge is 2.31. The number of hydrogen-bond donors (Lipinski definition) is 1. The molecule has 0 spiro atoms. The fourth-order valence-electron chi connectivity index (χ4n) is 1.72. The summed E-state index contributed by atoms with van der Waals surface area (Å²) in [5.41, 5.74) is 0.817. The van der Waals surface area contributed by atoms with Crippen LogP contribution in [0.5, 0.6) is 0 Å². The van der Waals surface area contributed by atoms with Crippen LogP contribution in [0, 0.1) is 0 Å². The van der Waals surface area contributed by atoms with Crippen molar-refractivity contribution in [3.8, 4) is 0 Å². The summed E-state index contributed by atoms with van der Waals surface area (Å²) >= 11 is 6.10. The lowest BCUT2D eigenvalue weighted by molar-refractivity contribution is 0.139. The van der Waals surface area contributed by atoms with Gasteiger partial charge in [-0.3, -0.25) is 0 Å². The number of benzene rings is 1. The van der Waals surface area contributed by atoms with Gasteiger partial charge in [0.2, 0.25) is 0 Å². The van der Waals surface area contributed by atoms with Gasteiger partial charge in [-0.1, -0.05) is 35.9 Å². The van der Waals surface area contributed by atoms with Crippen LogP contribution in [0.15, 0.2) is 29.4 Å². The largest absolute Gasteiger partial charge is 0.464 e. The van der Waals surface area contributed by atoms with E-state index in [9.17, 15) is 4.79 Å². The summed E-state index contributed by atoms with van der Waals surface area (Å²) in [6.45, 7) is 0. The number of carboxylic acid groups (broad SMARTS) is 1. The maximum Gasteiger partial charge on any atom is 0.429 e. The fraction of sp³-hybridized carbons (Fsp3) is 0.273. The zero-order valence-electron chi connectivity index (χ0n) is 9.46. The first-order valence-electron chi connectivity index (χ1n) is 5.04. The Kier molecular flexibility index (Phi) is 2.93. The zero-order valence-corrected chi connectivity index (χ0v) is 10.2. The van der Waals surface area contributed by atoms with E-state index in [1.807, 2.05) is 32.3 Å². The Morgan fingerprint density at radius 3 is 2.71 bits per heavy atom. The lowest BCUT2D eigenvalue weighted by atomic mass is 10.0. The molecule has 5 nitrogen and oxygen atoms in total. The predicted octanol–water partition coefficient (Wildman–Crippen LogP) is 2.14. The number of rotatable bonds is 0. The van der Waals surface area contributed by atoms with Gasteiger partial charge < -0.3 is 10.0 Å². The van der Waals surface area contributed by atoms with Crippen molar-refractivity contribution < 1.29 is 9.90 Å². The van der Waals surface area contributed by atoms with E-state index in [0.717, 1.165) is 16.1 Å². The first-order valence-corrected chi connectivity index (χ1v) is 5.47. The average molecular weight is 254 g/mol. The summed E-state index contributed by atoms with van der Waals surface area (Å²) in [4.78, 5) is 12.8. The smallest absolute Gasteiger partial charge is 0.429 e. The second-order valence-corrected chi connectivity index (χ2v) is 4.28. The van der Waals surface area contributed by atoms with Crippen LogP contribution in [0.4, 0.5) is 4.79 Å². The Balaban J connectivity index is 2.58. The molecule has 0 fully saturated rings. The van der Waals surface area contributed by atoms with Crippen molar-refractivity contribution in [3.05, 3.63) is 35.4 Å². The van der Waals surface area contributed by atoms with E-state index in [-0.39, 0.29) is 0 Å². The van der Waals surface area contributed by atoms with Gasteiger partial charge in [-0.05, 0) is 0 Å². The molecule has 0 saturated heterocycles. The predicted molar refractivity (Wildman–Crippen MR) is 65.1 cm³/mol. The van der Waals surface area contributed by atoms with Crippen molar-refractivity contribution in [2.24, 2.45) is 5.10 Å². The molecule has 90 valence electrons. The minimum absolute atomic E-state index is 0.583. The molecule has 1 N–H and O–H groups in total. The van der Waals surface area contributed by atoms with Gasteiger partial charge in [-0.15, -0.1) is 5.10 Å². The average Bonchev–Trinajstić information content (AvgIpc) is 2.29. The summed E-state index contributed by atoms with van der Waals surface area (Å²) in [7, 11) is 3.62. The molecule has 0 bridgehead atoms. The molecule has 0 aliphatic carbocycles. The number of nitrogens with zero attached hydrogens (tertiary/aromatic N) is 3. The van der Waals surface area contributed by atoms with Gasteiger partial charge >= 0.3 is 6.09 Å². The first kappa shape index (κ1) is 11.7. The summed E-state index contributed by atoms with van der Waals surface area (Å²) in [5.74, 6) is 0.583. The maximum atomic E-state index is 11.1. The minimum atomic E-state index is -1.17. The molecule has 1 aliphatic rings. The van der Waals surface area contributed by atoms with E-state index in [1.165, 1.54) is 0 Å². The lowest BCUT2D eigenvalue weighted by Gasteiger charge is -2.30. The summed E-state index contributed by atoms with van der Waals surface area (Å²) < 4.78 is 0. The van der Waals surface area contributed by atoms with E-state index < -0.39 is 11.6 Å². The molecule has 1 amide bonds. The van der Waals surface area contributed by atoms with E-state index in [2.05, 4.69) is 5.10 Å². The van der Waals surface area contributed by atoms with E-state index in [1.54, 1.807) is 11.0 Å². The Hall–Kier alpha value is -1.75. The summed E-state index contributed by atoms with van der Waals surface area (Å²) in [6, 6.07) is 7.38. The second kappa shape index (κ2) is 4.25. The number of halogens is 1. The third-order valence-corrected chi connectivity index (χ3v) is 2.92. The molecule has 1 atom stereocenters. The van der Waals surface area contributed by atoms with Crippen LogP contribution in [0.3, 0.4) is 0 Å². The van der Waals surface area contributed by atoms with Crippen LogP contribution in [-0.4, -0.2) is 41.0 Å². The molecule has 0 aromatic heterocycles. The number of hydrogen-bond acceptors (Lipinski definition) is 3. The van der Waals surface area contributed by atoms with Gasteiger partial charge in [0.25, 0.3) is 0 Å². The van der Waals surface area contributed by atoms with Crippen LogP contribution in [0.2, 0.25) is 0 Å². The van der Waals surface area contributed by atoms with Crippen LogP contribution in [-0.2, 0) is 0 Å². The maximum absolute atomic E-state index is 11.1. The Bertz CT molecular complexity index is 487. The Morgan fingerprint density at radius 1 is 1.47 bits per heavy atom. The summed E-state index contributed by atoms with van der Waals surface area (Å²) in [6.07, 6.45) is -1.17. The van der Waals surface area contributed by atoms with Gasteiger partial charge in [0.05, 0.1) is 0 Å². The number of amides is 1. The molecule has 2 rings (SSSR count). The molecule has 1 aliphatic heterocycles. The fourth-order valence-corrected chi connectivity index (χ4v) is 2.03. The third kappa shape index (κ3) is 1.93. The zero-order chi connectivity index (χ0) is 12.6. The standard InChI is InChI=1S/C11H12ClN3O2/c1-14(2)10-8-6-4-3-5-7(8)9(12)15(13-10)11(16)17/h3-6,9H,1-2H3,(H,16,17). The van der Waals surface area contributed by atoms with Gasteiger partial charge in [0.15, 0.2) is 11.3 Å². The molecule has 0 radical (unpaired) electrons. The second-order valence-electron chi connectivity index (χ2n) is 3.87. The van der Waals surface area contributed by atoms with Crippen LogP contribution in [0.25, 0.3) is 0 Å². The van der Waals surface area contributed by atoms with Gasteiger partial charge in [-0.25, -0.2) is 4.79 Å². The highest BCUT2D eigenvalue weighted by Crippen LogP contribution is 2.33. The van der Waals surface area contributed by atoms with Crippen molar-refractivity contribution in [1.29, 1.82) is 0 Å². The van der Waals surface area contributed by atoms with Gasteiger partial charge in [0, 0.05) is 25.2 Å². The molecular weight excluding hydrogens is 242 g/mol. The molecule has 17 heavy (non-hydrogen) atoms. The highest BCUT2D eigenvalue weighted by atomic mass is 35.5. The molecular formula is C11H12ClN3O2. The van der Waals surface area contributed by atoms with Crippen LogP contribution >= 0.6 is 11.6 Å². The Morgan fingerprint density at radius 2 is 2.12 bits per heavy atom. The monoisotopic (exact) mass is 253 g/mol. The third-order valence-electron chi connectivity index (χ3n) is 2.50. The van der Waals surface area contributed by atoms with Crippen LogP contribution in [0.1, 0.15) is 16.6 Å². The lowest BCUT2D eigenvalue weighted by Crippen LogP contribution is -2.37. The molecule has 0 saturated carbocycles. The first-order chi connectivity index (χ1) is 8.02. The number of carbonyl (C=O) groups is 1. The van der Waals surface area contributed by atoms with Crippen molar-refractivity contribution in [2.75, 3.05) is 14.1 Å². The number of amidine groups is 1. The highest BCUT2D eigenvalue weighted by molar-refractivity contribution is 6.22. The van der Waals surface area contributed by atoms with Crippen molar-refractivity contribution in [3.63, 3.8) is 0 Å². The Labute approximate surface area is 104 Å². The molecule has 1 aromatic carbocycles. The minimum Gasteiger partial charge on any atom is -0.464 e. The number of fused-ring (bicyclic) bond motifs is 1. The molecule has 1 unspecified atom stereocenters. The van der Waals surface area contributed by atoms with Crippen molar-refractivity contribution in [1.82, 2.24) is 9.91 Å². The van der Waals surface area contributed by atoms with Gasteiger partial charge in [0.1, 0.15) is 0 Å². The molecule has 1 heterocycles. The van der Waals surface area contributed by atoms with E-state index >= 15 is 0 Å². The number of hydrazone groups is 1. The molecule has 1 aromatic rings. The summed E-state index contributed by atoms with van der Waals surface area (Å²) in [5, 5.41) is 14.0. The van der Waals surface area contributed by atoms with E-state index in [0.29, 0.717) is 5.84 Å². The topological polar surface area (TPSA) is 56.1 Å².